The Morgan fingerprint density at radius 3 is 2.77 bits per heavy atom. The SMILES string of the molecule is Cc1c([C@H](O)CN2CCN3CC(c4ccc5c(c4)C[C@@H](C)OC5=O)C[C@H]3C2)ccc2c1COC2=O. The summed E-state index contributed by atoms with van der Waals surface area (Å²) < 4.78 is 10.5. The molecule has 35 heavy (non-hydrogen) atoms. The molecule has 1 N–H and O–H groups in total. The molecule has 0 aliphatic carbocycles. The molecule has 7 heteroatoms. The minimum Gasteiger partial charge on any atom is -0.459 e. The Hall–Kier alpha value is -2.74. The molecule has 0 bridgehead atoms. The van der Waals surface area contributed by atoms with Gasteiger partial charge < -0.3 is 14.6 Å². The van der Waals surface area contributed by atoms with E-state index in [1.54, 1.807) is 6.07 Å². The quantitative estimate of drug-likeness (QED) is 0.680. The number of hydrogen-bond acceptors (Lipinski definition) is 7. The minimum absolute atomic E-state index is 0.0672. The van der Waals surface area contributed by atoms with Crippen LogP contribution in [0.2, 0.25) is 0 Å². The fraction of sp³-hybridized carbons (Fsp3) is 0.500. The van der Waals surface area contributed by atoms with Crippen LogP contribution in [0, 0.1) is 6.92 Å². The topological polar surface area (TPSA) is 79.3 Å². The lowest BCUT2D eigenvalue weighted by molar-refractivity contribution is 0.0301. The number of hydrogen-bond donors (Lipinski definition) is 1. The summed E-state index contributed by atoms with van der Waals surface area (Å²) in [6, 6.07) is 10.4. The van der Waals surface area contributed by atoms with E-state index in [2.05, 4.69) is 21.9 Å². The van der Waals surface area contributed by atoms with Crippen LogP contribution in [0.5, 0.6) is 0 Å². The van der Waals surface area contributed by atoms with E-state index in [1.165, 1.54) is 5.56 Å². The fourth-order valence-corrected chi connectivity index (χ4v) is 6.42. The lowest BCUT2D eigenvalue weighted by atomic mass is 9.90. The second-order valence-corrected chi connectivity index (χ2v) is 10.6. The number of piperazine rings is 1. The predicted octanol–water partition coefficient (Wildman–Crippen LogP) is 2.97. The van der Waals surface area contributed by atoms with E-state index >= 15 is 0 Å². The zero-order chi connectivity index (χ0) is 24.3. The Morgan fingerprint density at radius 2 is 1.91 bits per heavy atom. The van der Waals surface area contributed by atoms with E-state index in [9.17, 15) is 14.7 Å². The number of carbonyl (C=O) groups excluding carboxylic acids is 2. The molecule has 4 aliphatic rings. The number of nitrogens with zero attached hydrogens (tertiary/aromatic N) is 2. The first kappa shape index (κ1) is 22.7. The maximum atomic E-state index is 12.2. The molecule has 0 saturated carbocycles. The van der Waals surface area contributed by atoms with Crippen LogP contribution in [0.1, 0.15) is 73.9 Å². The average molecular weight is 477 g/mol. The molecule has 0 aromatic heterocycles. The van der Waals surface area contributed by atoms with Gasteiger partial charge in [0, 0.05) is 50.7 Å². The van der Waals surface area contributed by atoms with E-state index in [0.717, 1.165) is 61.3 Å². The van der Waals surface area contributed by atoms with Gasteiger partial charge in [0.2, 0.25) is 0 Å². The third kappa shape index (κ3) is 4.05. The van der Waals surface area contributed by atoms with Gasteiger partial charge in [0.05, 0.1) is 17.2 Å². The first-order valence-electron chi connectivity index (χ1n) is 12.6. The van der Waals surface area contributed by atoms with Crippen LogP contribution in [-0.2, 0) is 22.5 Å². The van der Waals surface area contributed by atoms with Gasteiger partial charge in [-0.2, -0.15) is 0 Å². The lowest BCUT2D eigenvalue weighted by Crippen LogP contribution is -2.51. The summed E-state index contributed by atoms with van der Waals surface area (Å²) >= 11 is 0. The molecule has 2 aromatic carbocycles. The molecule has 1 unspecified atom stereocenters. The molecule has 4 heterocycles. The van der Waals surface area contributed by atoms with Gasteiger partial charge in [-0.05, 0) is 60.6 Å². The summed E-state index contributed by atoms with van der Waals surface area (Å²) in [5.74, 6) is -0.0228. The zero-order valence-corrected chi connectivity index (χ0v) is 20.3. The highest BCUT2D eigenvalue weighted by Crippen LogP contribution is 2.36. The highest BCUT2D eigenvalue weighted by Gasteiger charge is 2.38. The van der Waals surface area contributed by atoms with Crippen molar-refractivity contribution in [3.05, 3.63) is 69.3 Å². The summed E-state index contributed by atoms with van der Waals surface area (Å²) in [7, 11) is 0. The van der Waals surface area contributed by atoms with Gasteiger partial charge in [0.25, 0.3) is 0 Å². The Kier molecular flexibility index (Phi) is 5.66. The van der Waals surface area contributed by atoms with Crippen molar-refractivity contribution in [2.24, 2.45) is 0 Å². The van der Waals surface area contributed by atoms with Crippen molar-refractivity contribution < 1.29 is 24.2 Å². The van der Waals surface area contributed by atoms with Crippen LogP contribution in [0.3, 0.4) is 0 Å². The number of aliphatic hydroxyl groups excluding tert-OH is 1. The third-order valence-electron chi connectivity index (χ3n) is 8.33. The first-order chi connectivity index (χ1) is 16.9. The minimum atomic E-state index is -0.595. The summed E-state index contributed by atoms with van der Waals surface area (Å²) in [6.45, 7) is 8.70. The van der Waals surface area contributed by atoms with E-state index < -0.39 is 6.10 Å². The van der Waals surface area contributed by atoms with E-state index in [-0.39, 0.29) is 18.0 Å². The maximum Gasteiger partial charge on any atom is 0.338 e. The lowest BCUT2D eigenvalue weighted by Gasteiger charge is -2.38. The molecular weight excluding hydrogens is 444 g/mol. The Bertz CT molecular complexity index is 1190. The van der Waals surface area contributed by atoms with Crippen molar-refractivity contribution in [1.29, 1.82) is 0 Å². The number of ether oxygens (including phenoxy) is 2. The summed E-state index contributed by atoms with van der Waals surface area (Å²) in [5, 5.41) is 11.1. The molecule has 2 aromatic rings. The van der Waals surface area contributed by atoms with Gasteiger partial charge in [-0.1, -0.05) is 18.2 Å². The number of esters is 2. The normalized spacial score (nSPS) is 27.1. The van der Waals surface area contributed by atoms with Crippen molar-refractivity contribution in [3.8, 4) is 0 Å². The number of rotatable bonds is 4. The van der Waals surface area contributed by atoms with Crippen LogP contribution in [0.25, 0.3) is 0 Å². The Morgan fingerprint density at radius 1 is 1.09 bits per heavy atom. The van der Waals surface area contributed by atoms with Crippen molar-refractivity contribution in [3.63, 3.8) is 0 Å². The first-order valence-corrected chi connectivity index (χ1v) is 12.6. The summed E-state index contributed by atoms with van der Waals surface area (Å²) in [6.07, 6.45) is 1.20. The average Bonchev–Trinajstić information content (AvgIpc) is 3.42. The molecule has 6 rings (SSSR count). The molecular formula is C28H32N2O5. The fourth-order valence-electron chi connectivity index (χ4n) is 6.42. The van der Waals surface area contributed by atoms with Crippen LogP contribution < -0.4 is 0 Å². The highest BCUT2D eigenvalue weighted by atomic mass is 16.5. The highest BCUT2D eigenvalue weighted by molar-refractivity contribution is 5.94. The smallest absolute Gasteiger partial charge is 0.338 e. The van der Waals surface area contributed by atoms with Crippen LogP contribution in [0.15, 0.2) is 30.3 Å². The number of cyclic esters (lactones) is 2. The van der Waals surface area contributed by atoms with Crippen molar-refractivity contribution in [1.82, 2.24) is 9.80 Å². The van der Waals surface area contributed by atoms with Crippen LogP contribution in [0.4, 0.5) is 0 Å². The largest absolute Gasteiger partial charge is 0.459 e. The number of carbonyl (C=O) groups is 2. The van der Waals surface area contributed by atoms with Gasteiger partial charge in [-0.15, -0.1) is 0 Å². The van der Waals surface area contributed by atoms with Crippen molar-refractivity contribution in [2.75, 3.05) is 32.7 Å². The molecule has 2 saturated heterocycles. The van der Waals surface area contributed by atoms with E-state index in [4.69, 9.17) is 9.47 Å². The second-order valence-electron chi connectivity index (χ2n) is 10.6. The number of aliphatic hydroxyl groups is 1. The molecule has 4 atom stereocenters. The molecule has 0 amide bonds. The van der Waals surface area contributed by atoms with Gasteiger partial charge in [-0.25, -0.2) is 9.59 Å². The molecule has 2 fully saturated rings. The number of benzene rings is 2. The number of fused-ring (bicyclic) bond motifs is 3. The van der Waals surface area contributed by atoms with E-state index in [0.29, 0.717) is 36.2 Å². The van der Waals surface area contributed by atoms with Crippen LogP contribution >= 0.6 is 0 Å². The van der Waals surface area contributed by atoms with Crippen molar-refractivity contribution >= 4 is 11.9 Å². The molecule has 7 nitrogen and oxygen atoms in total. The molecule has 184 valence electrons. The van der Waals surface area contributed by atoms with Gasteiger partial charge in [0.1, 0.15) is 12.7 Å². The predicted molar refractivity (Wildman–Crippen MR) is 129 cm³/mol. The third-order valence-corrected chi connectivity index (χ3v) is 8.33. The molecule has 0 spiro atoms. The van der Waals surface area contributed by atoms with Crippen LogP contribution in [-0.4, -0.2) is 71.7 Å². The number of β-amino-alcohol motifs (C(OH)–C–C–N with tert-alkyl or cyclic N) is 1. The van der Waals surface area contributed by atoms with E-state index in [1.807, 2.05) is 26.0 Å². The van der Waals surface area contributed by atoms with Gasteiger partial charge >= 0.3 is 11.9 Å². The van der Waals surface area contributed by atoms with Gasteiger partial charge in [0.15, 0.2) is 0 Å². The maximum absolute atomic E-state index is 12.2. The summed E-state index contributed by atoms with van der Waals surface area (Å²) in [5.41, 5.74) is 6.51. The standard InChI is InChI=1S/C28H32N2O5/c1-16-9-19-10-18(3-4-23(19)28(33)35-16)20-11-21-13-29(7-8-30(21)12-20)14-26(31)22-5-6-24-25(17(22)2)15-34-27(24)32/h3-6,10,16,20-21,26,31H,7-9,11-15H2,1-2H3/t16-,20?,21+,26-/m1/s1. The summed E-state index contributed by atoms with van der Waals surface area (Å²) in [4.78, 5) is 29.0. The monoisotopic (exact) mass is 476 g/mol. The zero-order valence-electron chi connectivity index (χ0n) is 20.3. The Balaban J connectivity index is 1.11. The second kappa shape index (κ2) is 8.73. The van der Waals surface area contributed by atoms with Gasteiger partial charge in [-0.3, -0.25) is 9.80 Å². The molecule has 0 radical (unpaired) electrons. The van der Waals surface area contributed by atoms with Crippen molar-refractivity contribution in [2.45, 2.75) is 57.5 Å². The Labute approximate surface area is 205 Å². The molecule has 4 aliphatic heterocycles.